The third kappa shape index (κ3) is 3.07. The molecule has 0 N–H and O–H groups in total. The van der Waals surface area contributed by atoms with Crippen molar-refractivity contribution >= 4 is 33.1 Å². The number of thiazole rings is 1. The highest BCUT2D eigenvalue weighted by Crippen LogP contribution is 2.31. The molecule has 0 saturated carbocycles. The van der Waals surface area contributed by atoms with E-state index in [2.05, 4.69) is 20.9 Å². The molecule has 2 aliphatic rings. The number of ether oxygens (including phenoxy) is 1. The maximum atomic E-state index is 13.1. The summed E-state index contributed by atoms with van der Waals surface area (Å²) in [6, 6.07) is 10.1. The first-order valence-corrected chi connectivity index (χ1v) is 10.1. The van der Waals surface area contributed by atoms with E-state index in [0.29, 0.717) is 26.3 Å². The summed E-state index contributed by atoms with van der Waals surface area (Å²) in [7, 11) is 0. The van der Waals surface area contributed by atoms with Crippen LogP contribution in [0.2, 0.25) is 0 Å². The molecule has 1 fully saturated rings. The first kappa shape index (κ1) is 16.6. The number of aromatic nitrogens is 2. The smallest absolute Gasteiger partial charge is 0.258 e. The van der Waals surface area contributed by atoms with Gasteiger partial charge in [-0.3, -0.25) is 9.78 Å². The number of carbonyl (C=O) groups is 1. The molecule has 138 valence electrons. The summed E-state index contributed by atoms with van der Waals surface area (Å²) in [5, 5.41) is 1.07. The minimum Gasteiger partial charge on any atom is -0.378 e. The van der Waals surface area contributed by atoms with Crippen molar-refractivity contribution in [2.24, 2.45) is 0 Å². The first-order valence-electron chi connectivity index (χ1n) is 9.24. The molecular formula is C20H20N4O2S. The number of carbonyl (C=O) groups excluding carboxylic acids is 1. The van der Waals surface area contributed by atoms with E-state index >= 15 is 0 Å². The van der Waals surface area contributed by atoms with E-state index in [0.717, 1.165) is 47.0 Å². The minimum absolute atomic E-state index is 0.0840. The van der Waals surface area contributed by atoms with Crippen molar-refractivity contribution in [2.75, 3.05) is 37.7 Å². The van der Waals surface area contributed by atoms with Crippen molar-refractivity contribution in [2.45, 2.75) is 13.0 Å². The van der Waals surface area contributed by atoms with E-state index in [-0.39, 0.29) is 5.91 Å². The summed E-state index contributed by atoms with van der Waals surface area (Å²) in [5.74, 6) is 0.0840. The zero-order chi connectivity index (χ0) is 18.2. The molecule has 0 spiro atoms. The van der Waals surface area contributed by atoms with Crippen LogP contribution in [0.25, 0.3) is 10.2 Å². The Balaban J connectivity index is 1.34. The van der Waals surface area contributed by atoms with Crippen molar-refractivity contribution in [1.29, 1.82) is 0 Å². The number of morpholine rings is 1. The highest BCUT2D eigenvalue weighted by atomic mass is 32.1. The second kappa shape index (κ2) is 6.90. The minimum atomic E-state index is 0.0840. The number of nitrogens with zero attached hydrogens (tertiary/aromatic N) is 4. The highest BCUT2D eigenvalue weighted by molar-refractivity contribution is 7.18. The molecule has 6 nitrogen and oxygen atoms in total. The van der Waals surface area contributed by atoms with Crippen LogP contribution in [0.5, 0.6) is 0 Å². The van der Waals surface area contributed by atoms with Gasteiger partial charge in [-0.2, -0.15) is 0 Å². The van der Waals surface area contributed by atoms with E-state index in [9.17, 15) is 4.79 Å². The van der Waals surface area contributed by atoms with Crippen molar-refractivity contribution in [3.8, 4) is 0 Å². The number of hydrogen-bond acceptors (Lipinski definition) is 6. The average molecular weight is 380 g/mol. The fraction of sp³-hybridized carbons (Fsp3) is 0.350. The molecular weight excluding hydrogens is 360 g/mol. The molecule has 1 saturated heterocycles. The lowest BCUT2D eigenvalue weighted by Crippen LogP contribution is -2.37. The number of hydrogen-bond donors (Lipinski definition) is 0. The summed E-state index contributed by atoms with van der Waals surface area (Å²) in [4.78, 5) is 26.3. The van der Waals surface area contributed by atoms with Gasteiger partial charge in [0.15, 0.2) is 0 Å². The van der Waals surface area contributed by atoms with E-state index < -0.39 is 0 Å². The zero-order valence-electron chi connectivity index (χ0n) is 14.9. The number of fused-ring (bicyclic) bond motifs is 2. The largest absolute Gasteiger partial charge is 0.378 e. The van der Waals surface area contributed by atoms with Crippen LogP contribution in [0.4, 0.5) is 5.69 Å². The van der Waals surface area contributed by atoms with Crippen LogP contribution in [0.3, 0.4) is 0 Å². The molecule has 0 aliphatic carbocycles. The molecule has 4 heterocycles. The lowest BCUT2D eigenvalue weighted by molar-refractivity contribution is 0.0779. The van der Waals surface area contributed by atoms with E-state index in [4.69, 9.17) is 4.74 Å². The van der Waals surface area contributed by atoms with Crippen LogP contribution in [-0.4, -0.2) is 53.6 Å². The van der Waals surface area contributed by atoms with Gasteiger partial charge in [0.05, 0.1) is 51.9 Å². The van der Waals surface area contributed by atoms with Gasteiger partial charge in [0.25, 0.3) is 5.91 Å². The van der Waals surface area contributed by atoms with Gasteiger partial charge in [0, 0.05) is 32.3 Å². The van der Waals surface area contributed by atoms with Crippen LogP contribution in [0.15, 0.2) is 36.5 Å². The first-order chi connectivity index (χ1) is 13.3. The molecule has 0 radical (unpaired) electrons. The summed E-state index contributed by atoms with van der Waals surface area (Å²) < 4.78 is 6.64. The van der Waals surface area contributed by atoms with Crippen LogP contribution in [-0.2, 0) is 17.7 Å². The second-order valence-electron chi connectivity index (χ2n) is 6.80. The van der Waals surface area contributed by atoms with Crippen molar-refractivity contribution in [3.05, 3.63) is 52.8 Å². The van der Waals surface area contributed by atoms with Gasteiger partial charge >= 0.3 is 0 Å². The Labute approximate surface area is 161 Å². The monoisotopic (exact) mass is 380 g/mol. The number of amides is 1. The Morgan fingerprint density at radius 2 is 2.00 bits per heavy atom. The van der Waals surface area contributed by atoms with Crippen LogP contribution in [0.1, 0.15) is 21.1 Å². The summed E-state index contributed by atoms with van der Waals surface area (Å²) in [5.41, 5.74) is 3.68. The third-order valence-electron chi connectivity index (χ3n) is 5.13. The molecule has 1 amide bonds. The Bertz CT molecular complexity index is 964. The molecule has 27 heavy (non-hydrogen) atoms. The quantitative estimate of drug-likeness (QED) is 0.697. The van der Waals surface area contributed by atoms with Gasteiger partial charge in [-0.1, -0.05) is 12.1 Å². The van der Waals surface area contributed by atoms with Gasteiger partial charge in [-0.05, 0) is 18.2 Å². The molecule has 0 bridgehead atoms. The van der Waals surface area contributed by atoms with Crippen molar-refractivity contribution < 1.29 is 9.53 Å². The Morgan fingerprint density at radius 3 is 2.85 bits per heavy atom. The number of rotatable bonds is 4. The van der Waals surface area contributed by atoms with Crippen molar-refractivity contribution in [3.63, 3.8) is 0 Å². The Hall–Kier alpha value is -2.51. The third-order valence-corrected chi connectivity index (χ3v) is 6.23. The second-order valence-corrected chi connectivity index (χ2v) is 7.92. The molecule has 1 aromatic carbocycles. The van der Waals surface area contributed by atoms with Gasteiger partial charge in [0.2, 0.25) is 0 Å². The summed E-state index contributed by atoms with van der Waals surface area (Å²) in [6.07, 6.45) is 2.58. The van der Waals surface area contributed by atoms with Gasteiger partial charge in [-0.25, -0.2) is 4.98 Å². The topological polar surface area (TPSA) is 58.6 Å². The fourth-order valence-corrected chi connectivity index (χ4v) is 4.72. The van der Waals surface area contributed by atoms with E-state index in [1.165, 1.54) is 4.70 Å². The van der Waals surface area contributed by atoms with Gasteiger partial charge in [-0.15, -0.1) is 11.3 Å². The molecule has 2 aliphatic heterocycles. The standard InChI is InChI=1S/C20H20N4O2S/c25-20-19-15(21-7-5-16(19)23-9-11-26-12-10-23)13-24(20)8-6-18-22-14-3-1-2-4-17(14)27-18/h1-5,7H,6,8-13H2. The normalized spacial score (nSPS) is 17.0. The number of benzene rings is 1. The summed E-state index contributed by atoms with van der Waals surface area (Å²) in [6.45, 7) is 4.28. The number of para-hydroxylation sites is 1. The fourth-order valence-electron chi connectivity index (χ4n) is 3.76. The van der Waals surface area contributed by atoms with E-state index in [1.807, 2.05) is 35.4 Å². The lowest BCUT2D eigenvalue weighted by Gasteiger charge is -2.30. The predicted molar refractivity (Wildman–Crippen MR) is 105 cm³/mol. The number of pyridine rings is 1. The van der Waals surface area contributed by atoms with Gasteiger partial charge in [0.1, 0.15) is 0 Å². The maximum absolute atomic E-state index is 13.1. The van der Waals surface area contributed by atoms with Gasteiger partial charge < -0.3 is 14.5 Å². The number of anilines is 1. The molecule has 5 rings (SSSR count). The molecule has 7 heteroatoms. The highest BCUT2D eigenvalue weighted by Gasteiger charge is 2.32. The average Bonchev–Trinajstić information content (AvgIpc) is 3.27. The Morgan fingerprint density at radius 1 is 1.15 bits per heavy atom. The van der Waals surface area contributed by atoms with Crippen molar-refractivity contribution in [1.82, 2.24) is 14.9 Å². The van der Waals surface area contributed by atoms with Crippen LogP contribution >= 0.6 is 11.3 Å². The molecule has 0 unspecified atom stereocenters. The lowest BCUT2D eigenvalue weighted by atomic mass is 10.1. The summed E-state index contributed by atoms with van der Waals surface area (Å²) >= 11 is 1.70. The molecule has 2 aromatic heterocycles. The molecule has 3 aromatic rings. The predicted octanol–water partition coefficient (Wildman–Crippen LogP) is 2.73. The van der Waals surface area contributed by atoms with E-state index in [1.54, 1.807) is 11.3 Å². The molecule has 0 atom stereocenters. The van der Waals surface area contributed by atoms with Crippen LogP contribution < -0.4 is 4.90 Å². The Kier molecular flexibility index (Phi) is 4.26. The SMILES string of the molecule is O=C1c2c(N3CCOCC3)ccnc2CN1CCc1nc2ccccc2s1. The zero-order valence-corrected chi connectivity index (χ0v) is 15.7. The maximum Gasteiger partial charge on any atom is 0.258 e. The van der Waals surface area contributed by atoms with Crippen LogP contribution in [0, 0.1) is 0 Å².